The molecule has 0 radical (unpaired) electrons. The first kappa shape index (κ1) is 16.8. The maximum absolute atomic E-state index is 12.3. The molecule has 1 atom stereocenters. The van der Waals surface area contributed by atoms with Gasteiger partial charge in [-0.05, 0) is 37.5 Å². The Labute approximate surface area is 131 Å². The normalized spacial score (nSPS) is 18.2. The Morgan fingerprint density at radius 1 is 1.45 bits per heavy atom. The predicted molar refractivity (Wildman–Crippen MR) is 85.7 cm³/mol. The van der Waals surface area contributed by atoms with Gasteiger partial charge in [-0.3, -0.25) is 9.10 Å². The first-order chi connectivity index (χ1) is 10.3. The molecular weight excluding hydrogens is 304 g/mol. The second-order valence-corrected chi connectivity index (χ2v) is 7.54. The third kappa shape index (κ3) is 3.78. The molecule has 0 unspecified atom stereocenters. The summed E-state index contributed by atoms with van der Waals surface area (Å²) in [4.78, 5) is 12.3. The van der Waals surface area contributed by atoms with Crippen molar-refractivity contribution in [3.63, 3.8) is 0 Å². The summed E-state index contributed by atoms with van der Waals surface area (Å²) in [7, 11) is -1.89. The smallest absolute Gasteiger partial charge is 0.251 e. The zero-order valence-corrected chi connectivity index (χ0v) is 13.9. The Hall–Kier alpha value is -1.60. The molecular formula is C15H22N2O4S. The van der Waals surface area contributed by atoms with Gasteiger partial charge in [0.05, 0.1) is 18.0 Å². The van der Waals surface area contributed by atoms with Gasteiger partial charge in [-0.15, -0.1) is 0 Å². The van der Waals surface area contributed by atoms with E-state index in [9.17, 15) is 13.2 Å². The fraction of sp³-hybridized carbons (Fsp3) is 0.533. The van der Waals surface area contributed by atoms with Crippen LogP contribution >= 0.6 is 0 Å². The topological polar surface area (TPSA) is 75.7 Å². The van der Waals surface area contributed by atoms with Crippen molar-refractivity contribution < 1.29 is 17.9 Å². The third-order valence-corrected chi connectivity index (χ3v) is 5.09. The van der Waals surface area contributed by atoms with Crippen LogP contribution in [0.3, 0.4) is 0 Å². The zero-order valence-electron chi connectivity index (χ0n) is 13.1. The van der Waals surface area contributed by atoms with Crippen LogP contribution in [-0.4, -0.2) is 46.9 Å². The van der Waals surface area contributed by atoms with Crippen molar-refractivity contribution in [2.75, 3.05) is 30.8 Å². The minimum absolute atomic E-state index is 0.0751. The van der Waals surface area contributed by atoms with Crippen LogP contribution < -0.4 is 9.62 Å². The zero-order chi connectivity index (χ0) is 16.3. The van der Waals surface area contributed by atoms with E-state index >= 15 is 0 Å². The lowest BCUT2D eigenvalue weighted by Gasteiger charge is -2.20. The number of carbonyl (C=O) groups excluding carboxylic acids is 1. The summed E-state index contributed by atoms with van der Waals surface area (Å²) >= 11 is 0. The lowest BCUT2D eigenvalue weighted by Crippen LogP contribution is -2.32. The Kier molecular flexibility index (Phi) is 5.08. The molecule has 22 heavy (non-hydrogen) atoms. The third-order valence-electron chi connectivity index (χ3n) is 3.90. The van der Waals surface area contributed by atoms with Crippen molar-refractivity contribution in [2.45, 2.75) is 25.9 Å². The van der Waals surface area contributed by atoms with Gasteiger partial charge in [-0.1, -0.05) is 6.07 Å². The quantitative estimate of drug-likeness (QED) is 0.885. The summed E-state index contributed by atoms with van der Waals surface area (Å²) in [5, 5.41) is 2.85. The molecule has 0 saturated carbocycles. The van der Waals surface area contributed by atoms with Crippen molar-refractivity contribution in [1.29, 1.82) is 0 Å². The van der Waals surface area contributed by atoms with Gasteiger partial charge in [0, 0.05) is 25.8 Å². The SMILES string of the molecule is Cc1c(C(=O)NC[C@@H]2CCCO2)cccc1N(C)S(C)(=O)=O. The number of ether oxygens (including phenoxy) is 1. The number of amides is 1. The molecule has 122 valence electrons. The number of anilines is 1. The molecule has 7 heteroatoms. The fourth-order valence-corrected chi connectivity index (χ4v) is 3.05. The summed E-state index contributed by atoms with van der Waals surface area (Å²) in [6, 6.07) is 5.07. The van der Waals surface area contributed by atoms with E-state index in [2.05, 4.69) is 5.32 Å². The molecule has 1 saturated heterocycles. The van der Waals surface area contributed by atoms with Crippen molar-refractivity contribution in [2.24, 2.45) is 0 Å². The van der Waals surface area contributed by atoms with Crippen molar-refractivity contribution >= 4 is 21.6 Å². The number of benzene rings is 1. The molecule has 1 aromatic carbocycles. The maximum Gasteiger partial charge on any atom is 0.251 e. The number of hydrogen-bond acceptors (Lipinski definition) is 4. The Morgan fingerprint density at radius 3 is 2.77 bits per heavy atom. The van der Waals surface area contributed by atoms with E-state index in [-0.39, 0.29) is 12.0 Å². The van der Waals surface area contributed by atoms with Gasteiger partial charge in [0.2, 0.25) is 10.0 Å². The van der Waals surface area contributed by atoms with E-state index in [1.165, 1.54) is 11.4 Å². The number of carbonyl (C=O) groups is 1. The fourth-order valence-electron chi connectivity index (χ4n) is 2.50. The molecule has 0 spiro atoms. The molecule has 1 N–H and O–H groups in total. The average molecular weight is 326 g/mol. The summed E-state index contributed by atoms with van der Waals surface area (Å²) in [5.41, 5.74) is 1.62. The molecule has 1 aliphatic heterocycles. The van der Waals surface area contributed by atoms with E-state index in [1.54, 1.807) is 25.1 Å². The summed E-state index contributed by atoms with van der Waals surface area (Å²) in [6.45, 7) is 2.97. The van der Waals surface area contributed by atoms with Gasteiger partial charge in [-0.2, -0.15) is 0 Å². The van der Waals surface area contributed by atoms with Gasteiger partial charge in [0.1, 0.15) is 0 Å². The minimum Gasteiger partial charge on any atom is -0.376 e. The van der Waals surface area contributed by atoms with Crippen LogP contribution in [0.25, 0.3) is 0 Å². The van der Waals surface area contributed by atoms with Crippen molar-refractivity contribution in [3.8, 4) is 0 Å². The largest absolute Gasteiger partial charge is 0.376 e. The number of sulfonamides is 1. The highest BCUT2D eigenvalue weighted by atomic mass is 32.2. The predicted octanol–water partition coefficient (Wildman–Crippen LogP) is 1.30. The Bertz CT molecular complexity index is 652. The first-order valence-electron chi connectivity index (χ1n) is 7.24. The monoisotopic (exact) mass is 326 g/mol. The van der Waals surface area contributed by atoms with Gasteiger partial charge in [0.15, 0.2) is 0 Å². The molecule has 6 nitrogen and oxygen atoms in total. The molecule has 1 amide bonds. The highest BCUT2D eigenvalue weighted by molar-refractivity contribution is 7.92. The van der Waals surface area contributed by atoms with Crippen LogP contribution in [0.1, 0.15) is 28.8 Å². The highest BCUT2D eigenvalue weighted by Crippen LogP contribution is 2.24. The minimum atomic E-state index is -3.36. The van der Waals surface area contributed by atoms with Crippen molar-refractivity contribution in [1.82, 2.24) is 5.32 Å². The number of rotatable bonds is 5. The van der Waals surface area contributed by atoms with Crippen molar-refractivity contribution in [3.05, 3.63) is 29.3 Å². The molecule has 1 aromatic rings. The molecule has 1 aliphatic rings. The van der Waals surface area contributed by atoms with Crippen LogP contribution in [0.4, 0.5) is 5.69 Å². The molecule has 1 heterocycles. The van der Waals surface area contributed by atoms with E-state index in [0.29, 0.717) is 23.4 Å². The van der Waals surface area contributed by atoms with E-state index in [4.69, 9.17) is 4.74 Å². The maximum atomic E-state index is 12.3. The van der Waals surface area contributed by atoms with Gasteiger partial charge in [0.25, 0.3) is 5.91 Å². The van der Waals surface area contributed by atoms with Crippen LogP contribution in [0.15, 0.2) is 18.2 Å². The lowest BCUT2D eigenvalue weighted by atomic mass is 10.1. The second-order valence-electron chi connectivity index (χ2n) is 5.53. The Morgan fingerprint density at radius 2 is 2.18 bits per heavy atom. The standard InChI is InChI=1S/C15H22N2O4S/c1-11-13(15(18)16-10-12-6-5-9-21-12)7-4-8-14(11)17(2)22(3,19)20/h4,7-8,12H,5-6,9-10H2,1-3H3,(H,16,18)/t12-/m0/s1. The summed E-state index contributed by atoms with van der Waals surface area (Å²) < 4.78 is 30.0. The Balaban J connectivity index is 2.15. The van der Waals surface area contributed by atoms with E-state index in [1.807, 2.05) is 0 Å². The van der Waals surface area contributed by atoms with E-state index < -0.39 is 10.0 Å². The summed E-state index contributed by atoms with van der Waals surface area (Å²) in [5.74, 6) is -0.211. The lowest BCUT2D eigenvalue weighted by molar-refractivity contribution is 0.0857. The number of nitrogens with one attached hydrogen (secondary N) is 1. The number of nitrogens with zero attached hydrogens (tertiary/aromatic N) is 1. The van der Waals surface area contributed by atoms with Crippen LogP contribution in [-0.2, 0) is 14.8 Å². The highest BCUT2D eigenvalue weighted by Gasteiger charge is 2.20. The molecule has 2 rings (SSSR count). The number of hydrogen-bond donors (Lipinski definition) is 1. The molecule has 0 aromatic heterocycles. The first-order valence-corrected chi connectivity index (χ1v) is 9.09. The molecule has 0 bridgehead atoms. The van der Waals surface area contributed by atoms with Crippen LogP contribution in [0.2, 0.25) is 0 Å². The van der Waals surface area contributed by atoms with Gasteiger partial charge in [-0.25, -0.2) is 8.42 Å². The molecule has 1 fully saturated rings. The summed E-state index contributed by atoms with van der Waals surface area (Å²) in [6.07, 6.45) is 3.19. The van der Waals surface area contributed by atoms with Crippen LogP contribution in [0, 0.1) is 6.92 Å². The van der Waals surface area contributed by atoms with Gasteiger partial charge < -0.3 is 10.1 Å². The molecule has 0 aliphatic carbocycles. The van der Waals surface area contributed by atoms with E-state index in [0.717, 1.165) is 25.7 Å². The van der Waals surface area contributed by atoms with Gasteiger partial charge >= 0.3 is 0 Å². The van der Waals surface area contributed by atoms with Crippen LogP contribution in [0.5, 0.6) is 0 Å². The second kappa shape index (κ2) is 6.66. The average Bonchev–Trinajstić information content (AvgIpc) is 2.96.